The monoisotopic (exact) mass is 225 g/mol. The molecule has 1 aromatic heterocycles. The number of hydrogen-bond donors (Lipinski definition) is 0. The summed E-state index contributed by atoms with van der Waals surface area (Å²) in [5, 5.41) is 0.242. The molecule has 0 saturated heterocycles. The maximum Gasteiger partial charge on any atom is 0.172 e. The van der Waals surface area contributed by atoms with Gasteiger partial charge >= 0.3 is 0 Å². The Morgan fingerprint density at radius 3 is 2.87 bits per heavy atom. The van der Waals surface area contributed by atoms with Crippen LogP contribution < -0.4 is 4.74 Å². The summed E-state index contributed by atoms with van der Waals surface area (Å²) in [5.41, 5.74) is 0.436. The van der Waals surface area contributed by atoms with Crippen molar-refractivity contribution in [3.63, 3.8) is 0 Å². The topological polar surface area (TPSA) is 39.2 Å². The van der Waals surface area contributed by atoms with Crippen molar-refractivity contribution in [2.45, 2.75) is 19.3 Å². The van der Waals surface area contributed by atoms with E-state index in [4.69, 9.17) is 16.3 Å². The zero-order valence-corrected chi connectivity index (χ0v) is 9.25. The minimum absolute atomic E-state index is 0.0659. The van der Waals surface area contributed by atoms with Crippen molar-refractivity contribution >= 4 is 17.4 Å². The van der Waals surface area contributed by atoms with Crippen LogP contribution in [-0.2, 0) is 0 Å². The fourth-order valence-electron chi connectivity index (χ4n) is 1.69. The van der Waals surface area contributed by atoms with Crippen LogP contribution in [0.3, 0.4) is 0 Å². The highest BCUT2D eigenvalue weighted by Gasteiger charge is 2.30. The largest absolute Gasteiger partial charge is 0.496 e. The van der Waals surface area contributed by atoms with Crippen LogP contribution in [0.4, 0.5) is 0 Å². The van der Waals surface area contributed by atoms with E-state index < -0.39 is 0 Å². The van der Waals surface area contributed by atoms with E-state index in [0.29, 0.717) is 11.3 Å². The molecule has 1 heterocycles. The highest BCUT2D eigenvalue weighted by atomic mass is 35.5. The number of ketones is 1. The van der Waals surface area contributed by atoms with Crippen LogP contribution in [0.5, 0.6) is 5.75 Å². The molecule has 0 atom stereocenters. The molecular weight excluding hydrogens is 214 g/mol. The zero-order valence-electron chi connectivity index (χ0n) is 8.50. The van der Waals surface area contributed by atoms with Gasteiger partial charge in [0.05, 0.1) is 12.7 Å². The maximum atomic E-state index is 12.0. The van der Waals surface area contributed by atoms with Gasteiger partial charge in [0.1, 0.15) is 10.9 Å². The third-order valence-electron chi connectivity index (χ3n) is 2.81. The van der Waals surface area contributed by atoms with Crippen LogP contribution in [0, 0.1) is 5.92 Å². The van der Waals surface area contributed by atoms with E-state index in [9.17, 15) is 4.79 Å². The van der Waals surface area contributed by atoms with Crippen LogP contribution in [0.25, 0.3) is 0 Å². The normalized spacial score (nSPS) is 15.9. The Hall–Kier alpha value is -1.09. The van der Waals surface area contributed by atoms with Gasteiger partial charge in [-0.05, 0) is 18.9 Å². The molecule has 0 amide bonds. The minimum atomic E-state index is 0.0659. The van der Waals surface area contributed by atoms with Gasteiger partial charge in [0.25, 0.3) is 0 Å². The number of ether oxygens (including phenoxy) is 1. The molecule has 3 nitrogen and oxygen atoms in total. The van der Waals surface area contributed by atoms with Crippen LogP contribution >= 0.6 is 11.6 Å². The zero-order chi connectivity index (χ0) is 10.8. The van der Waals surface area contributed by atoms with Gasteiger partial charge in [-0.1, -0.05) is 18.0 Å². The third-order valence-corrected chi connectivity index (χ3v) is 3.10. The summed E-state index contributed by atoms with van der Waals surface area (Å²) in [6, 6.07) is 1.66. The Labute approximate surface area is 93.4 Å². The van der Waals surface area contributed by atoms with E-state index in [1.807, 2.05) is 0 Å². The third kappa shape index (κ3) is 1.84. The van der Waals surface area contributed by atoms with E-state index in [0.717, 1.165) is 19.3 Å². The van der Waals surface area contributed by atoms with Crippen molar-refractivity contribution in [2.75, 3.05) is 7.11 Å². The summed E-state index contributed by atoms with van der Waals surface area (Å²) in [6.45, 7) is 0. The predicted octanol–water partition coefficient (Wildman–Crippen LogP) is 2.73. The summed E-state index contributed by atoms with van der Waals surface area (Å²) in [4.78, 5) is 15.9. The van der Waals surface area contributed by atoms with Crippen molar-refractivity contribution in [1.82, 2.24) is 4.98 Å². The molecule has 1 aliphatic rings. The number of Topliss-reactive ketones (excluding diaryl/α,β-unsaturated/α-hetero) is 1. The number of pyridine rings is 1. The minimum Gasteiger partial charge on any atom is -0.496 e. The number of hydrogen-bond acceptors (Lipinski definition) is 3. The Kier molecular flexibility index (Phi) is 2.91. The van der Waals surface area contributed by atoms with Gasteiger partial charge in [0, 0.05) is 12.1 Å². The van der Waals surface area contributed by atoms with Crippen LogP contribution in [0.15, 0.2) is 12.3 Å². The summed E-state index contributed by atoms with van der Waals surface area (Å²) in [5.74, 6) is 0.698. The van der Waals surface area contributed by atoms with E-state index in [2.05, 4.69) is 4.98 Å². The molecule has 0 radical (unpaired) electrons. The first kappa shape index (κ1) is 10.4. The lowest BCUT2D eigenvalue weighted by Gasteiger charge is -2.24. The van der Waals surface area contributed by atoms with Crippen LogP contribution in [0.2, 0.25) is 5.15 Å². The lowest BCUT2D eigenvalue weighted by molar-refractivity contribution is 0.0852. The summed E-state index contributed by atoms with van der Waals surface area (Å²) in [6.07, 6.45) is 4.57. The van der Waals surface area contributed by atoms with Crippen molar-refractivity contribution in [1.29, 1.82) is 0 Å². The molecule has 2 rings (SSSR count). The number of carbonyl (C=O) groups is 1. The number of aromatic nitrogens is 1. The molecule has 4 heteroatoms. The Bertz CT molecular complexity index is 388. The van der Waals surface area contributed by atoms with Gasteiger partial charge in [-0.25, -0.2) is 4.98 Å². The molecule has 0 unspecified atom stereocenters. The number of carbonyl (C=O) groups excluding carboxylic acids is 1. The second-order valence-corrected chi connectivity index (χ2v) is 4.03. The van der Waals surface area contributed by atoms with Crippen LogP contribution in [0.1, 0.15) is 29.6 Å². The molecule has 0 N–H and O–H groups in total. The van der Waals surface area contributed by atoms with Crippen LogP contribution in [-0.4, -0.2) is 17.9 Å². The second kappa shape index (κ2) is 4.19. The molecule has 15 heavy (non-hydrogen) atoms. The summed E-state index contributed by atoms with van der Waals surface area (Å²) >= 11 is 5.92. The second-order valence-electron chi connectivity index (χ2n) is 3.67. The number of rotatable bonds is 3. The first-order valence-corrected chi connectivity index (χ1v) is 5.34. The molecule has 1 fully saturated rings. The van der Waals surface area contributed by atoms with Gasteiger partial charge in [-0.3, -0.25) is 4.79 Å². The first-order valence-electron chi connectivity index (χ1n) is 4.96. The van der Waals surface area contributed by atoms with Crippen molar-refractivity contribution in [3.05, 3.63) is 23.0 Å². The average Bonchev–Trinajstić information content (AvgIpc) is 2.14. The summed E-state index contributed by atoms with van der Waals surface area (Å²) < 4.78 is 5.12. The number of halogens is 1. The lowest BCUT2D eigenvalue weighted by atomic mass is 9.80. The van der Waals surface area contributed by atoms with Crippen molar-refractivity contribution < 1.29 is 9.53 Å². The fraction of sp³-hybridized carbons (Fsp3) is 0.455. The van der Waals surface area contributed by atoms with E-state index in [1.54, 1.807) is 12.3 Å². The maximum absolute atomic E-state index is 12.0. The Balaban J connectivity index is 2.36. The Morgan fingerprint density at radius 2 is 2.33 bits per heavy atom. The molecule has 0 bridgehead atoms. The molecule has 1 aromatic rings. The van der Waals surface area contributed by atoms with Crippen molar-refractivity contribution in [3.8, 4) is 5.75 Å². The highest BCUT2D eigenvalue weighted by molar-refractivity contribution is 6.33. The first-order chi connectivity index (χ1) is 7.24. The molecule has 1 aliphatic carbocycles. The molecule has 80 valence electrons. The van der Waals surface area contributed by atoms with Gasteiger partial charge in [-0.2, -0.15) is 0 Å². The van der Waals surface area contributed by atoms with E-state index in [-0.39, 0.29) is 16.9 Å². The van der Waals surface area contributed by atoms with E-state index >= 15 is 0 Å². The fourth-order valence-corrected chi connectivity index (χ4v) is 1.93. The molecule has 0 aromatic carbocycles. The smallest absolute Gasteiger partial charge is 0.172 e. The molecule has 0 spiro atoms. The molecule has 1 saturated carbocycles. The van der Waals surface area contributed by atoms with Gasteiger partial charge in [-0.15, -0.1) is 0 Å². The number of nitrogens with zero attached hydrogens (tertiary/aromatic N) is 1. The highest BCUT2D eigenvalue weighted by Crippen LogP contribution is 2.34. The van der Waals surface area contributed by atoms with Gasteiger partial charge < -0.3 is 4.74 Å². The van der Waals surface area contributed by atoms with E-state index in [1.165, 1.54) is 7.11 Å². The predicted molar refractivity (Wildman–Crippen MR) is 57.5 cm³/mol. The quantitative estimate of drug-likeness (QED) is 0.587. The standard InChI is InChI=1S/C11H12ClNO2/c1-15-8-5-6-13-11(12)9(8)10(14)7-3-2-4-7/h5-7H,2-4H2,1H3. The Morgan fingerprint density at radius 1 is 1.60 bits per heavy atom. The van der Waals surface area contributed by atoms with Gasteiger partial charge in [0.15, 0.2) is 5.78 Å². The average molecular weight is 226 g/mol. The van der Waals surface area contributed by atoms with Crippen molar-refractivity contribution in [2.24, 2.45) is 5.92 Å². The van der Waals surface area contributed by atoms with Gasteiger partial charge in [0.2, 0.25) is 0 Å². The molecular formula is C11H12ClNO2. The molecule has 0 aliphatic heterocycles. The lowest BCUT2D eigenvalue weighted by Crippen LogP contribution is -2.23. The summed E-state index contributed by atoms with van der Waals surface area (Å²) in [7, 11) is 1.53. The SMILES string of the molecule is COc1ccnc(Cl)c1C(=O)C1CCC1. The number of methoxy groups -OCH3 is 1.